The highest BCUT2D eigenvalue weighted by molar-refractivity contribution is 5.97. The summed E-state index contributed by atoms with van der Waals surface area (Å²) in [5, 5.41) is 0.738. The van der Waals surface area contributed by atoms with E-state index in [9.17, 15) is 13.2 Å². The average molecular weight is 301 g/mol. The van der Waals surface area contributed by atoms with Gasteiger partial charge in [-0.1, -0.05) is 30.3 Å². The van der Waals surface area contributed by atoms with Crippen LogP contribution in [-0.4, -0.2) is 4.98 Å². The van der Waals surface area contributed by atoms with Crippen LogP contribution in [0.5, 0.6) is 0 Å². The Morgan fingerprint density at radius 3 is 2.36 bits per heavy atom. The normalized spacial score (nSPS) is 11.9. The van der Waals surface area contributed by atoms with Gasteiger partial charge in [-0.2, -0.15) is 13.2 Å². The highest BCUT2D eigenvalue weighted by Gasteiger charge is 2.33. The van der Waals surface area contributed by atoms with Gasteiger partial charge in [0.25, 0.3) is 0 Å². The number of halogens is 3. The van der Waals surface area contributed by atoms with Gasteiger partial charge in [0.2, 0.25) is 0 Å². The number of benzene rings is 2. The molecular formula is C18H14F3N. The summed E-state index contributed by atoms with van der Waals surface area (Å²) in [6.07, 6.45) is -2.72. The van der Waals surface area contributed by atoms with Crippen LogP contribution in [0.1, 0.15) is 16.7 Å². The molecule has 0 fully saturated rings. The first-order valence-electron chi connectivity index (χ1n) is 6.91. The predicted octanol–water partition coefficient (Wildman–Crippen LogP) is 5.54. The molecule has 0 N–H and O–H groups in total. The summed E-state index contributed by atoms with van der Waals surface area (Å²) < 4.78 is 39.9. The van der Waals surface area contributed by atoms with Crippen LogP contribution in [0.4, 0.5) is 13.2 Å². The minimum atomic E-state index is -4.39. The maximum Gasteiger partial charge on any atom is 0.417 e. The first kappa shape index (κ1) is 14.6. The summed E-state index contributed by atoms with van der Waals surface area (Å²) in [6, 6.07) is 11.0. The molecule has 0 radical (unpaired) electrons. The Balaban J connectivity index is 2.40. The fraction of sp³-hybridized carbons (Fsp3) is 0.167. The lowest BCUT2D eigenvalue weighted by Crippen LogP contribution is -2.07. The third-order valence-corrected chi connectivity index (χ3v) is 3.93. The minimum Gasteiger partial charge on any atom is -0.256 e. The number of hydrogen-bond donors (Lipinski definition) is 0. The van der Waals surface area contributed by atoms with Gasteiger partial charge >= 0.3 is 6.18 Å². The van der Waals surface area contributed by atoms with Crippen molar-refractivity contribution in [3.8, 4) is 11.1 Å². The predicted molar refractivity (Wildman–Crippen MR) is 81.7 cm³/mol. The Kier molecular flexibility index (Phi) is 3.39. The molecule has 0 saturated heterocycles. The number of nitrogens with zero attached hydrogens (tertiary/aromatic N) is 1. The van der Waals surface area contributed by atoms with Gasteiger partial charge in [0.1, 0.15) is 0 Å². The highest BCUT2D eigenvalue weighted by atomic mass is 19.4. The number of hydrogen-bond acceptors (Lipinski definition) is 1. The molecule has 0 aliphatic carbocycles. The zero-order valence-electron chi connectivity index (χ0n) is 12.2. The van der Waals surface area contributed by atoms with Crippen molar-refractivity contribution in [1.29, 1.82) is 0 Å². The average Bonchev–Trinajstić information content (AvgIpc) is 2.50. The molecule has 112 valence electrons. The molecule has 1 nitrogen and oxygen atoms in total. The lowest BCUT2D eigenvalue weighted by molar-refractivity contribution is -0.137. The van der Waals surface area contributed by atoms with Gasteiger partial charge in [-0.15, -0.1) is 0 Å². The second kappa shape index (κ2) is 5.13. The number of aromatic nitrogens is 1. The number of alkyl halides is 3. The lowest BCUT2D eigenvalue weighted by atomic mass is 9.92. The van der Waals surface area contributed by atoms with E-state index < -0.39 is 11.7 Å². The third kappa shape index (κ3) is 2.34. The SMILES string of the molecule is Cc1cc(-c2ccccc2C(F)(F)F)c2cccnc2c1C. The van der Waals surface area contributed by atoms with Crippen LogP contribution in [0.3, 0.4) is 0 Å². The van der Waals surface area contributed by atoms with Crippen molar-refractivity contribution in [2.75, 3.05) is 0 Å². The van der Waals surface area contributed by atoms with E-state index in [1.807, 2.05) is 26.0 Å². The molecule has 0 aliphatic rings. The molecule has 0 bridgehead atoms. The molecule has 0 unspecified atom stereocenters. The summed E-state index contributed by atoms with van der Waals surface area (Å²) in [6.45, 7) is 3.83. The molecule has 0 atom stereocenters. The fourth-order valence-corrected chi connectivity index (χ4v) is 2.70. The van der Waals surface area contributed by atoms with E-state index in [-0.39, 0.29) is 5.56 Å². The van der Waals surface area contributed by atoms with Gasteiger partial charge in [0, 0.05) is 11.6 Å². The molecule has 2 aromatic carbocycles. The van der Waals surface area contributed by atoms with Crippen LogP contribution in [-0.2, 0) is 6.18 Å². The molecule has 22 heavy (non-hydrogen) atoms. The van der Waals surface area contributed by atoms with E-state index in [1.54, 1.807) is 18.3 Å². The molecule has 1 heterocycles. The second-order valence-corrected chi connectivity index (χ2v) is 5.31. The zero-order chi connectivity index (χ0) is 15.9. The molecule has 3 rings (SSSR count). The van der Waals surface area contributed by atoms with E-state index in [4.69, 9.17) is 0 Å². The summed E-state index contributed by atoms with van der Waals surface area (Å²) >= 11 is 0. The van der Waals surface area contributed by atoms with Crippen molar-refractivity contribution in [1.82, 2.24) is 4.98 Å². The minimum absolute atomic E-state index is 0.191. The molecule has 0 spiro atoms. The Labute approximate surface area is 126 Å². The van der Waals surface area contributed by atoms with Crippen LogP contribution in [0, 0.1) is 13.8 Å². The molecular weight excluding hydrogens is 287 g/mol. The zero-order valence-corrected chi connectivity index (χ0v) is 12.2. The van der Waals surface area contributed by atoms with E-state index in [1.165, 1.54) is 12.1 Å². The van der Waals surface area contributed by atoms with Crippen LogP contribution < -0.4 is 0 Å². The number of rotatable bonds is 1. The standard InChI is InChI=1S/C18H14F3N/c1-11-10-15(14-7-5-9-22-17(14)12(11)2)13-6-3-4-8-16(13)18(19,20)21/h3-10H,1-2H3. The van der Waals surface area contributed by atoms with Crippen molar-refractivity contribution < 1.29 is 13.2 Å². The van der Waals surface area contributed by atoms with Gasteiger partial charge in [-0.3, -0.25) is 4.98 Å². The van der Waals surface area contributed by atoms with Crippen molar-refractivity contribution in [2.45, 2.75) is 20.0 Å². The first-order chi connectivity index (χ1) is 10.4. The monoisotopic (exact) mass is 301 g/mol. The van der Waals surface area contributed by atoms with Crippen LogP contribution >= 0.6 is 0 Å². The third-order valence-electron chi connectivity index (χ3n) is 3.93. The van der Waals surface area contributed by atoms with Gasteiger partial charge < -0.3 is 0 Å². The van der Waals surface area contributed by atoms with Crippen molar-refractivity contribution in [3.05, 3.63) is 65.4 Å². The largest absolute Gasteiger partial charge is 0.417 e. The van der Waals surface area contributed by atoms with E-state index in [0.29, 0.717) is 5.56 Å². The van der Waals surface area contributed by atoms with Crippen LogP contribution in [0.25, 0.3) is 22.0 Å². The smallest absolute Gasteiger partial charge is 0.256 e. The Bertz CT molecular complexity index is 851. The van der Waals surface area contributed by atoms with Gasteiger partial charge in [-0.25, -0.2) is 0 Å². The first-order valence-corrected chi connectivity index (χ1v) is 6.91. The maximum absolute atomic E-state index is 13.3. The van der Waals surface area contributed by atoms with Gasteiger partial charge in [0.05, 0.1) is 11.1 Å². The van der Waals surface area contributed by atoms with Crippen molar-refractivity contribution in [2.24, 2.45) is 0 Å². The van der Waals surface area contributed by atoms with Gasteiger partial charge in [-0.05, 0) is 48.2 Å². The van der Waals surface area contributed by atoms with Crippen LogP contribution in [0.2, 0.25) is 0 Å². The number of pyridine rings is 1. The summed E-state index contributed by atoms with van der Waals surface area (Å²) in [5.41, 5.74) is 2.80. The molecule has 3 aromatic rings. The Morgan fingerprint density at radius 2 is 1.64 bits per heavy atom. The summed E-state index contributed by atoms with van der Waals surface area (Å²) in [7, 11) is 0. The second-order valence-electron chi connectivity index (χ2n) is 5.31. The van der Waals surface area contributed by atoms with E-state index in [2.05, 4.69) is 4.98 Å². The lowest BCUT2D eigenvalue weighted by Gasteiger charge is -2.16. The van der Waals surface area contributed by atoms with Crippen LogP contribution in [0.15, 0.2) is 48.7 Å². The Morgan fingerprint density at radius 1 is 0.909 bits per heavy atom. The molecule has 4 heteroatoms. The molecule has 1 aromatic heterocycles. The summed E-state index contributed by atoms with van der Waals surface area (Å²) in [4.78, 5) is 4.34. The van der Waals surface area contributed by atoms with Crippen molar-refractivity contribution in [3.63, 3.8) is 0 Å². The molecule has 0 amide bonds. The number of aryl methyl sites for hydroxylation is 2. The summed E-state index contributed by atoms with van der Waals surface area (Å²) in [5.74, 6) is 0. The topological polar surface area (TPSA) is 12.9 Å². The highest BCUT2D eigenvalue weighted by Crippen LogP contribution is 2.40. The molecule has 0 saturated carbocycles. The van der Waals surface area contributed by atoms with E-state index >= 15 is 0 Å². The van der Waals surface area contributed by atoms with Gasteiger partial charge in [0.15, 0.2) is 0 Å². The molecule has 0 aliphatic heterocycles. The quantitative estimate of drug-likeness (QED) is 0.575. The van der Waals surface area contributed by atoms with E-state index in [0.717, 1.165) is 28.1 Å². The maximum atomic E-state index is 13.3. The number of fused-ring (bicyclic) bond motifs is 1. The van der Waals surface area contributed by atoms with Crippen molar-refractivity contribution >= 4 is 10.9 Å². The fourth-order valence-electron chi connectivity index (χ4n) is 2.70. The Hall–Kier alpha value is -2.36.